The number of oxazole rings is 1. The summed E-state index contributed by atoms with van der Waals surface area (Å²) in [6.07, 6.45) is 3.44. The standard InChI is InChI=1S/C17H18N4O2S/c1-11(21-17(22)20-9-14-8-18-12(2)24-14)16-19-10-15(23-16)13-6-4-3-5-7-13/h3-8,10-11H,9H2,1-2H3,(H2,20,21,22). The maximum Gasteiger partial charge on any atom is 0.315 e. The summed E-state index contributed by atoms with van der Waals surface area (Å²) < 4.78 is 5.74. The fourth-order valence-corrected chi connectivity index (χ4v) is 2.92. The zero-order valence-corrected chi connectivity index (χ0v) is 14.3. The highest BCUT2D eigenvalue weighted by atomic mass is 32.1. The third-order valence-corrected chi connectivity index (χ3v) is 4.30. The van der Waals surface area contributed by atoms with Gasteiger partial charge in [0, 0.05) is 16.6 Å². The van der Waals surface area contributed by atoms with Crippen molar-refractivity contribution < 1.29 is 9.21 Å². The molecule has 0 radical (unpaired) electrons. The van der Waals surface area contributed by atoms with Gasteiger partial charge in [0.15, 0.2) is 5.76 Å². The lowest BCUT2D eigenvalue weighted by Gasteiger charge is -2.11. The monoisotopic (exact) mass is 342 g/mol. The van der Waals surface area contributed by atoms with Crippen LogP contribution in [0.2, 0.25) is 0 Å². The Labute approximate surface area is 144 Å². The third-order valence-electron chi connectivity index (χ3n) is 3.39. The summed E-state index contributed by atoms with van der Waals surface area (Å²) in [5.41, 5.74) is 0.952. The molecule has 24 heavy (non-hydrogen) atoms. The van der Waals surface area contributed by atoms with E-state index in [1.165, 1.54) is 0 Å². The van der Waals surface area contributed by atoms with Gasteiger partial charge in [0.2, 0.25) is 5.89 Å². The van der Waals surface area contributed by atoms with E-state index < -0.39 is 0 Å². The normalized spacial score (nSPS) is 11.9. The van der Waals surface area contributed by atoms with Crippen LogP contribution in [0.5, 0.6) is 0 Å². The maximum absolute atomic E-state index is 12.0. The molecule has 0 bridgehead atoms. The zero-order valence-electron chi connectivity index (χ0n) is 13.4. The highest BCUT2D eigenvalue weighted by molar-refractivity contribution is 7.11. The first-order valence-corrected chi connectivity index (χ1v) is 8.40. The van der Waals surface area contributed by atoms with Gasteiger partial charge in [-0.05, 0) is 13.8 Å². The van der Waals surface area contributed by atoms with E-state index in [0.717, 1.165) is 15.4 Å². The van der Waals surface area contributed by atoms with Crippen LogP contribution in [-0.2, 0) is 6.54 Å². The van der Waals surface area contributed by atoms with Crippen molar-refractivity contribution in [2.75, 3.05) is 0 Å². The van der Waals surface area contributed by atoms with Crippen molar-refractivity contribution in [3.63, 3.8) is 0 Å². The van der Waals surface area contributed by atoms with E-state index in [2.05, 4.69) is 20.6 Å². The molecular weight excluding hydrogens is 324 g/mol. The van der Waals surface area contributed by atoms with Crippen molar-refractivity contribution in [1.29, 1.82) is 0 Å². The lowest BCUT2D eigenvalue weighted by Crippen LogP contribution is -2.36. The molecular formula is C17H18N4O2S. The number of amides is 2. The van der Waals surface area contributed by atoms with E-state index in [-0.39, 0.29) is 12.1 Å². The summed E-state index contributed by atoms with van der Waals surface area (Å²) in [6.45, 7) is 4.21. The molecule has 0 saturated heterocycles. The number of thiazole rings is 1. The SMILES string of the molecule is Cc1ncc(CNC(=O)NC(C)c2ncc(-c3ccccc3)o2)s1. The Morgan fingerprint density at radius 2 is 2.04 bits per heavy atom. The Morgan fingerprint density at radius 1 is 1.25 bits per heavy atom. The number of nitrogens with zero attached hydrogens (tertiary/aromatic N) is 2. The van der Waals surface area contributed by atoms with Gasteiger partial charge in [0.05, 0.1) is 17.7 Å². The summed E-state index contributed by atoms with van der Waals surface area (Å²) in [5.74, 6) is 1.15. The molecule has 1 unspecified atom stereocenters. The summed E-state index contributed by atoms with van der Waals surface area (Å²) >= 11 is 1.56. The Bertz CT molecular complexity index is 813. The molecule has 0 aliphatic heterocycles. The zero-order chi connectivity index (χ0) is 16.9. The Kier molecular flexibility index (Phi) is 4.90. The highest BCUT2D eigenvalue weighted by Gasteiger charge is 2.15. The van der Waals surface area contributed by atoms with Crippen LogP contribution in [0.15, 0.2) is 47.1 Å². The molecule has 2 heterocycles. The summed E-state index contributed by atoms with van der Waals surface area (Å²) in [6, 6.07) is 9.12. The van der Waals surface area contributed by atoms with E-state index in [0.29, 0.717) is 18.2 Å². The van der Waals surface area contributed by atoms with Crippen LogP contribution < -0.4 is 10.6 Å². The van der Waals surface area contributed by atoms with Gasteiger partial charge in [0.25, 0.3) is 0 Å². The maximum atomic E-state index is 12.0. The van der Waals surface area contributed by atoms with Crippen LogP contribution >= 0.6 is 11.3 Å². The number of carbonyl (C=O) groups is 1. The summed E-state index contributed by atoms with van der Waals surface area (Å²) in [7, 11) is 0. The average molecular weight is 342 g/mol. The lowest BCUT2D eigenvalue weighted by molar-refractivity contribution is 0.235. The second kappa shape index (κ2) is 7.27. The van der Waals surface area contributed by atoms with Gasteiger partial charge in [-0.2, -0.15) is 0 Å². The largest absolute Gasteiger partial charge is 0.438 e. The number of nitrogens with one attached hydrogen (secondary N) is 2. The van der Waals surface area contributed by atoms with Crippen LogP contribution in [0.1, 0.15) is 28.7 Å². The number of carbonyl (C=O) groups excluding carboxylic acids is 1. The minimum absolute atomic E-state index is 0.270. The average Bonchev–Trinajstić information content (AvgIpc) is 3.23. The van der Waals surface area contributed by atoms with Crippen LogP contribution in [0.3, 0.4) is 0 Å². The molecule has 3 rings (SSSR count). The predicted octanol–water partition coefficient (Wildman–Crippen LogP) is 3.67. The molecule has 6 nitrogen and oxygen atoms in total. The molecule has 3 aromatic rings. The number of benzene rings is 1. The molecule has 2 aromatic heterocycles. The Balaban J connectivity index is 1.55. The predicted molar refractivity (Wildman–Crippen MR) is 92.6 cm³/mol. The van der Waals surface area contributed by atoms with Gasteiger partial charge in [-0.15, -0.1) is 11.3 Å². The van der Waals surface area contributed by atoms with E-state index in [4.69, 9.17) is 4.42 Å². The molecule has 0 saturated carbocycles. The first-order chi connectivity index (χ1) is 11.6. The van der Waals surface area contributed by atoms with Gasteiger partial charge in [-0.25, -0.2) is 14.8 Å². The number of hydrogen-bond acceptors (Lipinski definition) is 5. The van der Waals surface area contributed by atoms with Crippen LogP contribution in [0.25, 0.3) is 11.3 Å². The smallest absolute Gasteiger partial charge is 0.315 e. The van der Waals surface area contributed by atoms with E-state index in [9.17, 15) is 4.79 Å². The van der Waals surface area contributed by atoms with Gasteiger partial charge in [-0.1, -0.05) is 30.3 Å². The molecule has 0 aliphatic carbocycles. The topological polar surface area (TPSA) is 80.0 Å². The quantitative estimate of drug-likeness (QED) is 0.741. The van der Waals surface area contributed by atoms with Crippen molar-refractivity contribution in [3.05, 3.63) is 58.5 Å². The van der Waals surface area contributed by atoms with Crippen LogP contribution in [-0.4, -0.2) is 16.0 Å². The van der Waals surface area contributed by atoms with Crippen molar-refractivity contribution in [1.82, 2.24) is 20.6 Å². The number of rotatable bonds is 5. The third kappa shape index (κ3) is 3.99. The molecule has 2 amide bonds. The summed E-state index contributed by atoms with van der Waals surface area (Å²) in [5, 5.41) is 6.60. The van der Waals surface area contributed by atoms with Crippen molar-refractivity contribution in [3.8, 4) is 11.3 Å². The van der Waals surface area contributed by atoms with Crippen molar-refractivity contribution >= 4 is 17.4 Å². The molecule has 0 spiro atoms. The minimum atomic E-state index is -0.328. The van der Waals surface area contributed by atoms with Gasteiger partial charge in [0.1, 0.15) is 6.04 Å². The molecule has 0 fully saturated rings. The van der Waals surface area contributed by atoms with Crippen molar-refractivity contribution in [2.45, 2.75) is 26.4 Å². The van der Waals surface area contributed by atoms with E-state index in [1.54, 1.807) is 23.7 Å². The second-order valence-corrected chi connectivity index (χ2v) is 6.64. The second-order valence-electron chi connectivity index (χ2n) is 5.32. The minimum Gasteiger partial charge on any atom is -0.438 e. The molecule has 7 heteroatoms. The molecule has 2 N–H and O–H groups in total. The van der Waals surface area contributed by atoms with Gasteiger partial charge < -0.3 is 15.1 Å². The van der Waals surface area contributed by atoms with E-state index in [1.807, 2.05) is 44.2 Å². The first-order valence-electron chi connectivity index (χ1n) is 7.58. The van der Waals surface area contributed by atoms with Crippen LogP contribution in [0.4, 0.5) is 4.79 Å². The van der Waals surface area contributed by atoms with Gasteiger partial charge >= 0.3 is 6.03 Å². The lowest BCUT2D eigenvalue weighted by atomic mass is 10.2. The first kappa shape index (κ1) is 16.2. The number of hydrogen-bond donors (Lipinski definition) is 2. The van der Waals surface area contributed by atoms with Gasteiger partial charge in [-0.3, -0.25) is 0 Å². The molecule has 0 aliphatic rings. The highest BCUT2D eigenvalue weighted by Crippen LogP contribution is 2.22. The summed E-state index contributed by atoms with van der Waals surface area (Å²) in [4.78, 5) is 21.4. The Hall–Kier alpha value is -2.67. The molecule has 124 valence electrons. The molecule has 1 aromatic carbocycles. The fourth-order valence-electron chi connectivity index (χ4n) is 2.19. The number of aromatic nitrogens is 2. The Morgan fingerprint density at radius 3 is 2.75 bits per heavy atom. The van der Waals surface area contributed by atoms with E-state index >= 15 is 0 Å². The van der Waals surface area contributed by atoms with Crippen LogP contribution in [0, 0.1) is 6.92 Å². The fraction of sp³-hybridized carbons (Fsp3) is 0.235. The number of urea groups is 1. The number of aryl methyl sites for hydroxylation is 1. The molecule has 1 atom stereocenters. The van der Waals surface area contributed by atoms with Crippen molar-refractivity contribution in [2.24, 2.45) is 0 Å².